The lowest BCUT2D eigenvalue weighted by Crippen LogP contribution is -2.49. The van der Waals surface area contributed by atoms with Gasteiger partial charge in [0.2, 0.25) is 0 Å². The van der Waals surface area contributed by atoms with E-state index in [2.05, 4.69) is 11.1 Å². The van der Waals surface area contributed by atoms with Gasteiger partial charge in [-0.2, -0.15) is 5.26 Å². The quantitative estimate of drug-likeness (QED) is 0.850. The molecule has 1 amide bonds. The molecule has 0 fully saturated rings. The number of rotatable bonds is 2. The third-order valence-electron chi connectivity index (χ3n) is 5.41. The molecule has 0 aliphatic carbocycles. The Hall–Kier alpha value is -3.53. The first-order chi connectivity index (χ1) is 13.7. The van der Waals surface area contributed by atoms with Gasteiger partial charge in [-0.15, -0.1) is 0 Å². The fourth-order valence-corrected chi connectivity index (χ4v) is 4.11. The van der Waals surface area contributed by atoms with Crippen molar-refractivity contribution in [1.82, 2.24) is 4.90 Å². The van der Waals surface area contributed by atoms with E-state index in [0.29, 0.717) is 29.0 Å². The second-order valence-corrected chi connectivity index (χ2v) is 8.01. The first kappa shape index (κ1) is 18.8. The molecule has 7 nitrogen and oxygen atoms in total. The number of nitriles is 1. The van der Waals surface area contributed by atoms with Crippen molar-refractivity contribution in [2.75, 3.05) is 14.2 Å². The van der Waals surface area contributed by atoms with E-state index in [0.717, 1.165) is 11.1 Å². The lowest BCUT2D eigenvalue weighted by molar-refractivity contribution is -0.133. The van der Waals surface area contributed by atoms with Crippen LogP contribution in [0.1, 0.15) is 31.4 Å². The van der Waals surface area contributed by atoms with Crippen molar-refractivity contribution in [3.8, 4) is 28.7 Å². The van der Waals surface area contributed by atoms with Gasteiger partial charge in [-0.25, -0.2) is 4.99 Å². The molecule has 2 heterocycles. The predicted octanol–water partition coefficient (Wildman–Crippen LogP) is 2.78. The number of fused-ring (bicyclic) bond motifs is 2. The van der Waals surface area contributed by atoms with Crippen LogP contribution in [0.2, 0.25) is 0 Å². The van der Waals surface area contributed by atoms with Crippen LogP contribution in [0.4, 0.5) is 0 Å². The molecular formula is C22H22N4O3. The predicted molar refractivity (Wildman–Crippen MR) is 109 cm³/mol. The van der Waals surface area contributed by atoms with Gasteiger partial charge in [0.05, 0.1) is 18.7 Å². The normalized spacial score (nSPS) is 22.0. The van der Waals surface area contributed by atoms with Gasteiger partial charge in [0.15, 0.2) is 11.5 Å². The van der Waals surface area contributed by atoms with Crippen LogP contribution in [0, 0.1) is 11.3 Å². The minimum atomic E-state index is -1.12. The molecule has 2 aromatic carbocycles. The van der Waals surface area contributed by atoms with E-state index in [4.69, 9.17) is 15.2 Å². The van der Waals surface area contributed by atoms with Crippen molar-refractivity contribution in [1.29, 1.82) is 5.26 Å². The summed E-state index contributed by atoms with van der Waals surface area (Å²) in [6, 6.07) is 13.1. The molecule has 2 aliphatic rings. The summed E-state index contributed by atoms with van der Waals surface area (Å²) in [5, 5.41) is 9.33. The molecule has 2 aliphatic heterocycles. The average molecular weight is 390 g/mol. The fraction of sp³-hybridized carbons (Fsp3) is 0.318. The van der Waals surface area contributed by atoms with Crippen LogP contribution in [0.25, 0.3) is 11.1 Å². The number of ether oxygens (including phenoxy) is 2. The van der Waals surface area contributed by atoms with Crippen LogP contribution in [0.5, 0.6) is 11.5 Å². The number of guanidine groups is 1. The molecule has 0 aromatic heterocycles. The smallest absolute Gasteiger partial charge is 0.261 e. The van der Waals surface area contributed by atoms with E-state index < -0.39 is 11.1 Å². The van der Waals surface area contributed by atoms with Crippen molar-refractivity contribution in [3.63, 3.8) is 0 Å². The van der Waals surface area contributed by atoms with Crippen molar-refractivity contribution >= 4 is 11.9 Å². The first-order valence-corrected chi connectivity index (χ1v) is 9.26. The molecule has 2 N–H and O–H groups in total. The lowest BCUT2D eigenvalue weighted by atomic mass is 9.77. The topological polar surface area (TPSA) is 101 Å². The number of carbonyl (C=O) groups is 1. The molecule has 148 valence electrons. The minimum Gasteiger partial charge on any atom is -0.497 e. The van der Waals surface area contributed by atoms with Gasteiger partial charge in [-0.3, -0.25) is 9.69 Å². The number of hydrogen-bond donors (Lipinski definition) is 1. The number of methoxy groups -OCH3 is 1. The average Bonchev–Trinajstić information content (AvgIpc) is 2.90. The van der Waals surface area contributed by atoms with Gasteiger partial charge in [-0.05, 0) is 55.3 Å². The lowest BCUT2D eigenvalue weighted by Gasteiger charge is -2.41. The number of aliphatic imine (C=N–C) groups is 1. The summed E-state index contributed by atoms with van der Waals surface area (Å²) >= 11 is 0. The van der Waals surface area contributed by atoms with Gasteiger partial charge >= 0.3 is 0 Å². The summed E-state index contributed by atoms with van der Waals surface area (Å²) < 4.78 is 11.5. The zero-order chi connectivity index (χ0) is 21.0. The Morgan fingerprint density at radius 1 is 1.24 bits per heavy atom. The van der Waals surface area contributed by atoms with Gasteiger partial charge in [0, 0.05) is 19.0 Å². The summed E-state index contributed by atoms with van der Waals surface area (Å²) in [7, 11) is 3.19. The van der Waals surface area contributed by atoms with Crippen LogP contribution in [-0.4, -0.2) is 36.5 Å². The summed E-state index contributed by atoms with van der Waals surface area (Å²) in [4.78, 5) is 19.2. The molecule has 1 spiro atoms. The van der Waals surface area contributed by atoms with Gasteiger partial charge in [0.25, 0.3) is 5.91 Å². The molecule has 7 heteroatoms. The Balaban J connectivity index is 1.92. The summed E-state index contributed by atoms with van der Waals surface area (Å²) in [6.45, 7) is 3.87. The van der Waals surface area contributed by atoms with Crippen LogP contribution < -0.4 is 15.2 Å². The summed E-state index contributed by atoms with van der Waals surface area (Å²) in [5.41, 5.74) is 7.10. The van der Waals surface area contributed by atoms with Crippen LogP contribution in [0.15, 0.2) is 41.4 Å². The highest BCUT2D eigenvalue weighted by Gasteiger charge is 2.55. The van der Waals surface area contributed by atoms with E-state index in [1.54, 1.807) is 26.3 Å². The molecule has 2 aromatic rings. The number of hydrogen-bond acceptors (Lipinski definition) is 6. The number of benzene rings is 2. The standard InChI is InChI=1S/C22H22N4O3/c1-21(2)12-22(19(27)26(3)20(24)25-22)17-10-14(5-6-18(17)29-21)15-7-13(11-23)8-16(9-15)28-4/h5-10H,12H2,1-4H3,(H2,24,25). The Labute approximate surface area is 169 Å². The monoisotopic (exact) mass is 390 g/mol. The molecule has 0 bridgehead atoms. The SMILES string of the molecule is COc1cc(C#N)cc(-c2ccc3c(c2)C2(CC(C)(C)O3)N=C(N)N(C)C2=O)c1. The zero-order valence-corrected chi connectivity index (χ0v) is 16.8. The van der Waals surface area contributed by atoms with Crippen LogP contribution >= 0.6 is 0 Å². The van der Waals surface area contributed by atoms with Crippen LogP contribution in [0.3, 0.4) is 0 Å². The van der Waals surface area contributed by atoms with E-state index in [1.807, 2.05) is 38.1 Å². The maximum atomic E-state index is 13.2. The highest BCUT2D eigenvalue weighted by atomic mass is 16.5. The van der Waals surface area contributed by atoms with Crippen molar-refractivity contribution in [2.45, 2.75) is 31.4 Å². The van der Waals surface area contributed by atoms with Crippen molar-refractivity contribution < 1.29 is 14.3 Å². The van der Waals surface area contributed by atoms with E-state index in [-0.39, 0.29) is 11.9 Å². The number of likely N-dealkylation sites (N-methyl/N-ethyl adjacent to an activating group) is 1. The van der Waals surface area contributed by atoms with Crippen LogP contribution in [-0.2, 0) is 10.3 Å². The highest BCUT2D eigenvalue weighted by Crippen LogP contribution is 2.49. The Bertz CT molecular complexity index is 1100. The third kappa shape index (κ3) is 2.88. The molecule has 1 atom stereocenters. The summed E-state index contributed by atoms with van der Waals surface area (Å²) in [5.74, 6) is 1.21. The molecule has 0 saturated carbocycles. The fourth-order valence-electron chi connectivity index (χ4n) is 4.11. The third-order valence-corrected chi connectivity index (χ3v) is 5.41. The zero-order valence-electron chi connectivity index (χ0n) is 16.8. The highest BCUT2D eigenvalue weighted by molar-refractivity contribution is 6.07. The summed E-state index contributed by atoms with van der Waals surface area (Å²) in [6.07, 6.45) is 0.377. The minimum absolute atomic E-state index is 0.173. The van der Waals surface area contributed by atoms with E-state index in [1.165, 1.54) is 4.90 Å². The van der Waals surface area contributed by atoms with E-state index in [9.17, 15) is 10.1 Å². The number of nitrogens with zero attached hydrogens (tertiary/aromatic N) is 3. The largest absolute Gasteiger partial charge is 0.497 e. The second kappa shape index (κ2) is 6.24. The number of carbonyl (C=O) groups excluding carboxylic acids is 1. The number of amides is 1. The Kier molecular flexibility index (Phi) is 4.05. The first-order valence-electron chi connectivity index (χ1n) is 9.26. The Morgan fingerprint density at radius 2 is 2.00 bits per heavy atom. The molecular weight excluding hydrogens is 368 g/mol. The maximum Gasteiger partial charge on any atom is 0.261 e. The van der Waals surface area contributed by atoms with Gasteiger partial charge < -0.3 is 15.2 Å². The Morgan fingerprint density at radius 3 is 2.62 bits per heavy atom. The molecule has 1 unspecified atom stereocenters. The van der Waals surface area contributed by atoms with E-state index >= 15 is 0 Å². The molecule has 29 heavy (non-hydrogen) atoms. The second-order valence-electron chi connectivity index (χ2n) is 8.01. The number of nitrogens with two attached hydrogens (primary N) is 1. The van der Waals surface area contributed by atoms with Crippen molar-refractivity contribution in [2.24, 2.45) is 10.7 Å². The molecule has 4 rings (SSSR count). The molecule has 0 radical (unpaired) electrons. The molecule has 0 saturated heterocycles. The maximum absolute atomic E-state index is 13.2. The van der Waals surface area contributed by atoms with Gasteiger partial charge in [-0.1, -0.05) is 6.07 Å². The van der Waals surface area contributed by atoms with Crippen molar-refractivity contribution in [3.05, 3.63) is 47.5 Å². The van der Waals surface area contributed by atoms with Gasteiger partial charge in [0.1, 0.15) is 17.1 Å².